The van der Waals surface area contributed by atoms with Crippen LogP contribution in [0.3, 0.4) is 0 Å². The standard InChI is InChI=1S/C56H100NO7P/c1-6-8-10-12-14-16-18-20-22-24-25-26-27-28-29-30-31-32-34-36-38-40-42-44-46-48-51-61-53-55(54-63-65(59,60)62-52-50-57(3,4)5)64-56(58)49-47-45-43-41-39-37-35-33-23-21-19-17-15-13-11-9-7-2/h8,10,14,16,20-23,25-26,28-29,31-32,55H,6-7,9,11-13,15,17-19,24,27,30,33-54H2,1-5H3/p+1/b10-8-,16-14-,22-20-,23-21-,26-25-,29-28-,32-31-. The Hall–Kier alpha value is -2.32. The number of allylic oxidation sites excluding steroid dienone is 14. The third kappa shape index (κ3) is 52.5. The van der Waals surface area contributed by atoms with Crippen molar-refractivity contribution in [2.75, 3.05) is 54.1 Å². The Labute approximate surface area is 401 Å². The molecule has 1 N–H and O–H groups in total. The summed E-state index contributed by atoms with van der Waals surface area (Å²) in [5.41, 5.74) is 0. The number of esters is 1. The summed E-state index contributed by atoms with van der Waals surface area (Å²) in [6.07, 6.45) is 64.9. The first-order chi connectivity index (χ1) is 31.6. The van der Waals surface area contributed by atoms with Gasteiger partial charge in [-0.2, -0.15) is 0 Å². The summed E-state index contributed by atoms with van der Waals surface area (Å²) in [7, 11) is 1.65. The van der Waals surface area contributed by atoms with Gasteiger partial charge in [0.2, 0.25) is 0 Å². The molecular weight excluding hydrogens is 830 g/mol. The van der Waals surface area contributed by atoms with Crippen LogP contribution < -0.4 is 0 Å². The summed E-state index contributed by atoms with van der Waals surface area (Å²) >= 11 is 0. The molecular formula is C56H101NO7P+. The molecule has 0 spiro atoms. The van der Waals surface area contributed by atoms with E-state index in [0.29, 0.717) is 24.1 Å². The molecule has 0 aromatic heterocycles. The number of carbonyl (C=O) groups is 1. The summed E-state index contributed by atoms with van der Waals surface area (Å²) in [6.45, 7) is 5.47. The topological polar surface area (TPSA) is 91.3 Å². The van der Waals surface area contributed by atoms with Crippen molar-refractivity contribution >= 4 is 13.8 Å². The minimum Gasteiger partial charge on any atom is -0.457 e. The Balaban J connectivity index is 4.17. The number of rotatable bonds is 48. The minimum atomic E-state index is -4.29. The smallest absolute Gasteiger partial charge is 0.457 e. The Bertz CT molecular complexity index is 1310. The molecule has 0 amide bonds. The summed E-state index contributed by atoms with van der Waals surface area (Å²) in [6, 6.07) is 0. The van der Waals surface area contributed by atoms with Crippen molar-refractivity contribution in [2.24, 2.45) is 0 Å². The van der Waals surface area contributed by atoms with E-state index in [-0.39, 0.29) is 25.8 Å². The molecule has 0 saturated heterocycles. The van der Waals surface area contributed by atoms with E-state index in [2.05, 4.69) is 98.9 Å². The molecule has 0 aliphatic rings. The molecule has 0 saturated carbocycles. The van der Waals surface area contributed by atoms with Crippen LogP contribution in [-0.2, 0) is 27.9 Å². The number of nitrogens with zero attached hydrogens (tertiary/aromatic N) is 1. The van der Waals surface area contributed by atoms with Gasteiger partial charge in [0.15, 0.2) is 0 Å². The lowest BCUT2D eigenvalue weighted by Crippen LogP contribution is -2.37. The summed E-state index contributed by atoms with van der Waals surface area (Å²) in [5.74, 6) is -0.325. The molecule has 2 unspecified atom stereocenters. The minimum absolute atomic E-state index is 0.0814. The van der Waals surface area contributed by atoms with E-state index in [1.54, 1.807) is 0 Å². The molecule has 376 valence electrons. The Morgan fingerprint density at radius 2 is 0.892 bits per heavy atom. The van der Waals surface area contributed by atoms with Crippen LogP contribution in [0.1, 0.15) is 206 Å². The molecule has 2 atom stereocenters. The van der Waals surface area contributed by atoms with Gasteiger partial charge in [0, 0.05) is 13.0 Å². The summed E-state index contributed by atoms with van der Waals surface area (Å²) in [5, 5.41) is 0. The maximum absolute atomic E-state index is 12.8. The number of hydrogen-bond donors (Lipinski definition) is 1. The van der Waals surface area contributed by atoms with Crippen LogP contribution in [0.25, 0.3) is 0 Å². The number of phosphoric ester groups is 1. The van der Waals surface area contributed by atoms with E-state index in [4.69, 9.17) is 18.5 Å². The predicted molar refractivity (Wildman–Crippen MR) is 279 cm³/mol. The van der Waals surface area contributed by atoms with Crippen LogP contribution in [-0.4, -0.2) is 75.6 Å². The Morgan fingerprint density at radius 3 is 1.35 bits per heavy atom. The first kappa shape index (κ1) is 62.7. The van der Waals surface area contributed by atoms with Crippen LogP contribution in [0.2, 0.25) is 0 Å². The highest BCUT2D eigenvalue weighted by atomic mass is 31.2. The quantitative estimate of drug-likeness (QED) is 0.0214. The van der Waals surface area contributed by atoms with Crippen LogP contribution in [0.4, 0.5) is 0 Å². The average Bonchev–Trinajstić information content (AvgIpc) is 3.27. The first-order valence-corrected chi connectivity index (χ1v) is 27.8. The fraction of sp³-hybridized carbons (Fsp3) is 0.732. The maximum atomic E-state index is 12.8. The largest absolute Gasteiger partial charge is 0.472 e. The average molecular weight is 931 g/mol. The lowest BCUT2D eigenvalue weighted by atomic mass is 10.1. The van der Waals surface area contributed by atoms with Gasteiger partial charge < -0.3 is 18.9 Å². The predicted octanol–water partition coefficient (Wildman–Crippen LogP) is 16.4. The number of phosphoric acid groups is 1. The van der Waals surface area contributed by atoms with Crippen molar-refractivity contribution in [3.8, 4) is 0 Å². The van der Waals surface area contributed by atoms with E-state index < -0.39 is 13.9 Å². The zero-order chi connectivity index (χ0) is 47.6. The number of quaternary nitrogens is 1. The highest BCUT2D eigenvalue weighted by Gasteiger charge is 2.26. The molecule has 0 radical (unpaired) electrons. The molecule has 9 heteroatoms. The fourth-order valence-electron chi connectivity index (χ4n) is 6.90. The summed E-state index contributed by atoms with van der Waals surface area (Å²) in [4.78, 5) is 23.0. The van der Waals surface area contributed by atoms with E-state index in [0.717, 1.165) is 77.0 Å². The Morgan fingerprint density at radius 1 is 0.492 bits per heavy atom. The lowest BCUT2D eigenvalue weighted by Gasteiger charge is -2.24. The normalized spacial score (nSPS) is 14.2. The monoisotopic (exact) mass is 931 g/mol. The van der Waals surface area contributed by atoms with Crippen LogP contribution in [0.15, 0.2) is 85.1 Å². The second-order valence-electron chi connectivity index (χ2n) is 18.5. The zero-order valence-corrected chi connectivity index (χ0v) is 43.6. The molecule has 0 rings (SSSR count). The molecule has 8 nitrogen and oxygen atoms in total. The number of likely N-dealkylation sites (N-methyl/N-ethyl adjacent to an activating group) is 1. The zero-order valence-electron chi connectivity index (χ0n) is 42.7. The first-order valence-electron chi connectivity index (χ1n) is 26.3. The van der Waals surface area contributed by atoms with Gasteiger partial charge in [-0.3, -0.25) is 13.8 Å². The van der Waals surface area contributed by atoms with E-state index in [1.807, 2.05) is 21.1 Å². The van der Waals surface area contributed by atoms with Gasteiger partial charge in [0.05, 0.1) is 34.4 Å². The highest BCUT2D eigenvalue weighted by Crippen LogP contribution is 2.43. The van der Waals surface area contributed by atoms with Crippen LogP contribution in [0.5, 0.6) is 0 Å². The molecule has 0 aromatic carbocycles. The number of unbranched alkanes of at least 4 members (excludes halogenated alkanes) is 20. The fourth-order valence-corrected chi connectivity index (χ4v) is 7.65. The van der Waals surface area contributed by atoms with Crippen LogP contribution >= 0.6 is 7.82 Å². The number of carbonyl (C=O) groups excluding carboxylic acids is 1. The van der Waals surface area contributed by atoms with Crippen molar-refractivity contribution in [1.29, 1.82) is 0 Å². The van der Waals surface area contributed by atoms with Gasteiger partial charge in [0.25, 0.3) is 0 Å². The van der Waals surface area contributed by atoms with Crippen molar-refractivity contribution in [2.45, 2.75) is 213 Å². The van der Waals surface area contributed by atoms with Crippen molar-refractivity contribution < 1.29 is 37.3 Å². The van der Waals surface area contributed by atoms with Gasteiger partial charge in [-0.25, -0.2) is 4.57 Å². The lowest BCUT2D eigenvalue weighted by molar-refractivity contribution is -0.870. The second-order valence-corrected chi connectivity index (χ2v) is 20.0. The SMILES string of the molecule is CC/C=C\C/C=C\C/C=C\C/C=C\C/C=C\C/C=C\CCCCCCCCCOCC(COP(=O)(O)OCC[N+](C)(C)C)OC(=O)CCCCCCCCC/C=C\CCCCCCCC. The highest BCUT2D eigenvalue weighted by molar-refractivity contribution is 7.47. The van der Waals surface area contributed by atoms with Crippen molar-refractivity contribution in [3.05, 3.63) is 85.1 Å². The van der Waals surface area contributed by atoms with Gasteiger partial charge in [0.1, 0.15) is 19.3 Å². The molecule has 0 aliphatic carbocycles. The number of ether oxygens (including phenoxy) is 2. The van der Waals surface area contributed by atoms with E-state index >= 15 is 0 Å². The molecule has 0 bridgehead atoms. The van der Waals surface area contributed by atoms with Crippen LogP contribution in [0, 0.1) is 0 Å². The van der Waals surface area contributed by atoms with Gasteiger partial charge >= 0.3 is 13.8 Å². The van der Waals surface area contributed by atoms with Gasteiger partial charge in [-0.05, 0) is 89.9 Å². The maximum Gasteiger partial charge on any atom is 0.472 e. The second kappa shape index (κ2) is 48.1. The molecule has 0 fully saturated rings. The molecule has 65 heavy (non-hydrogen) atoms. The van der Waals surface area contributed by atoms with E-state index in [9.17, 15) is 14.3 Å². The molecule has 0 aromatic rings. The van der Waals surface area contributed by atoms with E-state index in [1.165, 1.54) is 109 Å². The molecule has 0 aliphatic heterocycles. The van der Waals surface area contributed by atoms with Crippen molar-refractivity contribution in [1.82, 2.24) is 0 Å². The third-order valence-corrected chi connectivity index (χ3v) is 11.9. The van der Waals surface area contributed by atoms with Gasteiger partial charge in [-0.15, -0.1) is 0 Å². The summed E-state index contributed by atoms with van der Waals surface area (Å²) < 4.78 is 35.2. The molecule has 0 heterocycles. The van der Waals surface area contributed by atoms with Gasteiger partial charge in [-0.1, -0.05) is 195 Å². The Kier molecular flexibility index (Phi) is 46.4. The third-order valence-electron chi connectivity index (χ3n) is 10.9. The number of hydrogen-bond acceptors (Lipinski definition) is 6. The van der Waals surface area contributed by atoms with Crippen molar-refractivity contribution in [3.63, 3.8) is 0 Å².